The van der Waals surface area contributed by atoms with E-state index in [1.165, 1.54) is 18.2 Å². The molecule has 20 heavy (non-hydrogen) atoms. The Hall–Kier alpha value is -1.12. The van der Waals surface area contributed by atoms with Crippen LogP contribution in [0.2, 0.25) is 0 Å². The van der Waals surface area contributed by atoms with Gasteiger partial charge in [0.1, 0.15) is 0 Å². The van der Waals surface area contributed by atoms with Crippen molar-refractivity contribution in [1.82, 2.24) is 10.0 Å². The van der Waals surface area contributed by atoms with Gasteiger partial charge in [0.15, 0.2) is 0 Å². The highest BCUT2D eigenvalue weighted by Gasteiger charge is 2.17. The van der Waals surface area contributed by atoms with Gasteiger partial charge in [-0.25, -0.2) is 13.1 Å². The van der Waals surface area contributed by atoms with Crippen LogP contribution in [-0.4, -0.2) is 26.9 Å². The predicted octanol–water partition coefficient (Wildman–Crippen LogP) is 1.22. The Morgan fingerprint density at radius 2 is 2.05 bits per heavy atom. The number of carbonyl (C=O) groups excluding carboxylic acids is 1. The van der Waals surface area contributed by atoms with Crippen molar-refractivity contribution < 1.29 is 13.2 Å². The first-order chi connectivity index (χ1) is 9.22. The maximum Gasteiger partial charge on any atom is 0.241 e. The molecule has 0 atom stereocenters. The molecule has 0 aliphatic heterocycles. The van der Waals surface area contributed by atoms with Gasteiger partial charge < -0.3 is 11.1 Å². The van der Waals surface area contributed by atoms with E-state index in [0.29, 0.717) is 10.2 Å². The van der Waals surface area contributed by atoms with Gasteiger partial charge in [-0.3, -0.25) is 4.79 Å². The minimum atomic E-state index is -3.66. The van der Waals surface area contributed by atoms with Gasteiger partial charge in [-0.05, 0) is 48.0 Å². The molecule has 0 radical (unpaired) electrons. The molecule has 1 aromatic rings. The highest BCUT2D eigenvalue weighted by atomic mass is 79.9. The van der Waals surface area contributed by atoms with Crippen molar-refractivity contribution in [2.45, 2.75) is 31.2 Å². The van der Waals surface area contributed by atoms with Crippen molar-refractivity contribution in [2.24, 2.45) is 0 Å². The number of halogens is 1. The van der Waals surface area contributed by atoms with Gasteiger partial charge in [0.2, 0.25) is 15.9 Å². The van der Waals surface area contributed by atoms with E-state index in [0.717, 1.165) is 0 Å². The van der Waals surface area contributed by atoms with E-state index in [1.807, 2.05) is 13.8 Å². The molecule has 0 bridgehead atoms. The van der Waals surface area contributed by atoms with Gasteiger partial charge in [0, 0.05) is 29.2 Å². The summed E-state index contributed by atoms with van der Waals surface area (Å²) in [6.07, 6.45) is 0.0873. The molecule has 0 spiro atoms. The van der Waals surface area contributed by atoms with E-state index in [4.69, 9.17) is 5.73 Å². The third-order valence-corrected chi connectivity index (χ3v) is 4.78. The molecule has 0 unspecified atom stereocenters. The molecule has 4 N–H and O–H groups in total. The van der Waals surface area contributed by atoms with Crippen LogP contribution in [0.15, 0.2) is 27.6 Å². The summed E-state index contributed by atoms with van der Waals surface area (Å²) in [6, 6.07) is 4.46. The monoisotopic (exact) mass is 363 g/mol. The zero-order chi connectivity index (χ0) is 15.3. The summed E-state index contributed by atoms with van der Waals surface area (Å²) in [4.78, 5) is 11.5. The van der Waals surface area contributed by atoms with Crippen LogP contribution >= 0.6 is 15.9 Å². The molecule has 1 rings (SSSR count). The minimum absolute atomic E-state index is 0.0327. The standard InChI is InChI=1S/C12H18BrN3O3S/c1-8(2)16-12(17)5-6-15-20(18,19)11-4-3-9(14)7-10(11)13/h3-4,7-8,15H,5-6,14H2,1-2H3,(H,16,17). The van der Waals surface area contributed by atoms with E-state index < -0.39 is 10.0 Å². The zero-order valence-electron chi connectivity index (χ0n) is 11.3. The number of nitrogens with one attached hydrogen (secondary N) is 2. The predicted molar refractivity (Wildman–Crippen MR) is 81.6 cm³/mol. The Morgan fingerprint density at radius 1 is 1.40 bits per heavy atom. The van der Waals surface area contributed by atoms with E-state index in [-0.39, 0.29) is 29.8 Å². The van der Waals surface area contributed by atoms with Crippen molar-refractivity contribution >= 4 is 37.5 Å². The first kappa shape index (κ1) is 16.9. The number of amides is 1. The second-order valence-electron chi connectivity index (χ2n) is 4.56. The second-order valence-corrected chi connectivity index (χ2v) is 7.15. The molecule has 8 heteroatoms. The summed E-state index contributed by atoms with van der Waals surface area (Å²) in [5, 5.41) is 2.69. The molecule has 0 heterocycles. The van der Waals surface area contributed by atoms with Gasteiger partial charge in [-0.2, -0.15) is 0 Å². The van der Waals surface area contributed by atoms with Crippen molar-refractivity contribution in [3.8, 4) is 0 Å². The van der Waals surface area contributed by atoms with Gasteiger partial charge in [0.05, 0.1) is 4.90 Å². The lowest BCUT2D eigenvalue weighted by molar-refractivity contribution is -0.121. The molecule has 1 amide bonds. The number of carbonyl (C=O) groups is 1. The quantitative estimate of drug-likeness (QED) is 0.661. The average molecular weight is 364 g/mol. The Bertz CT molecular complexity index is 588. The maximum absolute atomic E-state index is 12.1. The largest absolute Gasteiger partial charge is 0.399 e. The number of nitrogens with two attached hydrogens (primary N) is 1. The smallest absolute Gasteiger partial charge is 0.241 e. The molecule has 0 fully saturated rings. The van der Waals surface area contributed by atoms with Crippen molar-refractivity contribution in [1.29, 1.82) is 0 Å². The molecule has 6 nitrogen and oxygen atoms in total. The number of nitrogen functional groups attached to an aromatic ring is 1. The fraction of sp³-hybridized carbons (Fsp3) is 0.417. The van der Waals surface area contributed by atoms with Crippen LogP contribution in [0, 0.1) is 0 Å². The Kier molecular flexibility index (Phi) is 5.97. The summed E-state index contributed by atoms with van der Waals surface area (Å²) in [7, 11) is -3.66. The Morgan fingerprint density at radius 3 is 2.60 bits per heavy atom. The Labute approximate surface area is 127 Å². The fourth-order valence-corrected chi connectivity index (χ4v) is 3.63. The van der Waals surface area contributed by atoms with E-state index >= 15 is 0 Å². The van der Waals surface area contributed by atoms with Crippen LogP contribution < -0.4 is 15.8 Å². The summed E-state index contributed by atoms with van der Waals surface area (Å²) >= 11 is 3.16. The average Bonchev–Trinajstić information content (AvgIpc) is 2.26. The fourth-order valence-electron chi connectivity index (χ4n) is 1.51. The lowest BCUT2D eigenvalue weighted by atomic mass is 10.3. The van der Waals surface area contributed by atoms with E-state index in [1.54, 1.807) is 0 Å². The number of anilines is 1. The molecular weight excluding hydrogens is 346 g/mol. The number of hydrogen-bond acceptors (Lipinski definition) is 4. The lowest BCUT2D eigenvalue weighted by Gasteiger charge is -2.10. The summed E-state index contributed by atoms with van der Waals surface area (Å²) in [6.45, 7) is 3.72. The molecular formula is C12H18BrN3O3S. The number of benzene rings is 1. The van der Waals surface area contributed by atoms with Crippen LogP contribution in [0.4, 0.5) is 5.69 Å². The number of sulfonamides is 1. The molecule has 1 aromatic carbocycles. The molecule has 112 valence electrons. The van der Waals surface area contributed by atoms with Crippen LogP contribution in [0.3, 0.4) is 0 Å². The highest BCUT2D eigenvalue weighted by molar-refractivity contribution is 9.10. The number of hydrogen-bond donors (Lipinski definition) is 3. The summed E-state index contributed by atoms with van der Waals surface area (Å²) < 4.78 is 26.9. The van der Waals surface area contributed by atoms with Crippen LogP contribution in [0.1, 0.15) is 20.3 Å². The minimum Gasteiger partial charge on any atom is -0.399 e. The Balaban J connectivity index is 2.64. The third-order valence-electron chi connectivity index (χ3n) is 2.34. The van der Waals surface area contributed by atoms with Gasteiger partial charge in [-0.1, -0.05) is 0 Å². The normalized spacial score (nSPS) is 11.6. The second kappa shape index (κ2) is 7.05. The maximum atomic E-state index is 12.1. The number of rotatable bonds is 6. The molecule has 0 aliphatic rings. The van der Waals surface area contributed by atoms with Gasteiger partial charge in [-0.15, -0.1) is 0 Å². The van der Waals surface area contributed by atoms with Crippen molar-refractivity contribution in [3.05, 3.63) is 22.7 Å². The van der Waals surface area contributed by atoms with Gasteiger partial charge in [0.25, 0.3) is 0 Å². The van der Waals surface area contributed by atoms with Crippen LogP contribution in [-0.2, 0) is 14.8 Å². The molecule has 0 saturated heterocycles. The first-order valence-corrected chi connectivity index (χ1v) is 8.34. The third kappa shape index (κ3) is 5.10. The lowest BCUT2D eigenvalue weighted by Crippen LogP contribution is -2.34. The van der Waals surface area contributed by atoms with Crippen LogP contribution in [0.5, 0.6) is 0 Å². The molecule has 0 saturated carbocycles. The summed E-state index contributed by atoms with van der Waals surface area (Å²) in [5.41, 5.74) is 6.02. The van der Waals surface area contributed by atoms with Crippen LogP contribution in [0.25, 0.3) is 0 Å². The van der Waals surface area contributed by atoms with Gasteiger partial charge >= 0.3 is 0 Å². The van der Waals surface area contributed by atoms with E-state index in [2.05, 4.69) is 26.0 Å². The molecule has 0 aromatic heterocycles. The van der Waals surface area contributed by atoms with E-state index in [9.17, 15) is 13.2 Å². The van der Waals surface area contributed by atoms with Crippen molar-refractivity contribution in [3.63, 3.8) is 0 Å². The topological polar surface area (TPSA) is 101 Å². The first-order valence-electron chi connectivity index (χ1n) is 6.06. The summed E-state index contributed by atoms with van der Waals surface area (Å²) in [5.74, 6) is -0.195. The highest BCUT2D eigenvalue weighted by Crippen LogP contribution is 2.23. The van der Waals surface area contributed by atoms with Crippen molar-refractivity contribution in [2.75, 3.05) is 12.3 Å². The SMILES string of the molecule is CC(C)NC(=O)CCNS(=O)(=O)c1ccc(N)cc1Br. The molecule has 0 aliphatic carbocycles. The zero-order valence-corrected chi connectivity index (χ0v) is 13.7.